The minimum absolute atomic E-state index is 0.0952. The van der Waals surface area contributed by atoms with E-state index in [1.807, 2.05) is 35.7 Å². The van der Waals surface area contributed by atoms with Gasteiger partial charge in [0, 0.05) is 4.88 Å². The highest BCUT2D eigenvalue weighted by Gasteiger charge is 2.13. The Bertz CT molecular complexity index is 470. The molecule has 16 heavy (non-hydrogen) atoms. The molecule has 1 aromatic heterocycles. The summed E-state index contributed by atoms with van der Waals surface area (Å²) in [5.74, 6) is 0.818. The third kappa shape index (κ3) is 2.42. The van der Waals surface area contributed by atoms with E-state index in [2.05, 4.69) is 15.9 Å². The summed E-state index contributed by atoms with van der Waals surface area (Å²) in [6, 6.07) is 9.95. The number of halogens is 2. The van der Waals surface area contributed by atoms with Gasteiger partial charge in [0.1, 0.15) is 5.75 Å². The van der Waals surface area contributed by atoms with Crippen molar-refractivity contribution in [2.24, 2.45) is 0 Å². The van der Waals surface area contributed by atoms with Crippen molar-refractivity contribution in [2.75, 3.05) is 7.11 Å². The van der Waals surface area contributed by atoms with Crippen LogP contribution in [-0.4, -0.2) is 7.11 Å². The van der Waals surface area contributed by atoms with Crippen LogP contribution in [0, 0.1) is 0 Å². The van der Waals surface area contributed by atoms with E-state index in [1.165, 1.54) is 0 Å². The number of rotatable bonds is 3. The monoisotopic (exact) mass is 316 g/mol. The molecule has 0 bridgehead atoms. The molecule has 0 fully saturated rings. The van der Waals surface area contributed by atoms with Gasteiger partial charge in [0.15, 0.2) is 0 Å². The summed E-state index contributed by atoms with van der Waals surface area (Å²) in [4.78, 5) is 1.15. The minimum atomic E-state index is -0.0952. The molecule has 0 N–H and O–H groups in total. The lowest BCUT2D eigenvalue weighted by atomic mass is 10.1. The van der Waals surface area contributed by atoms with Crippen molar-refractivity contribution in [3.63, 3.8) is 0 Å². The third-order valence-electron chi connectivity index (χ3n) is 2.26. The molecule has 1 heterocycles. The zero-order valence-corrected chi connectivity index (χ0v) is 11.8. The highest BCUT2D eigenvalue weighted by molar-refractivity contribution is 9.10. The molecule has 1 nitrogen and oxygen atoms in total. The van der Waals surface area contributed by atoms with Crippen molar-refractivity contribution in [2.45, 2.75) is 5.38 Å². The van der Waals surface area contributed by atoms with Gasteiger partial charge in [0.05, 0.1) is 17.0 Å². The highest BCUT2D eigenvalue weighted by atomic mass is 79.9. The van der Waals surface area contributed by atoms with E-state index in [1.54, 1.807) is 18.4 Å². The van der Waals surface area contributed by atoms with E-state index >= 15 is 0 Å². The topological polar surface area (TPSA) is 9.23 Å². The van der Waals surface area contributed by atoms with Gasteiger partial charge in [-0.2, -0.15) is 0 Å². The Hall–Kier alpha value is -0.510. The Balaban J connectivity index is 2.31. The number of benzene rings is 1. The number of hydrogen-bond acceptors (Lipinski definition) is 2. The SMILES string of the molecule is COc1ccc(C(Cl)c2cccs2)cc1Br. The zero-order valence-electron chi connectivity index (χ0n) is 8.61. The summed E-state index contributed by atoms with van der Waals surface area (Å²) < 4.78 is 6.11. The van der Waals surface area contributed by atoms with Crippen LogP contribution in [0.5, 0.6) is 5.75 Å². The summed E-state index contributed by atoms with van der Waals surface area (Å²) in [5, 5.41) is 1.94. The first-order valence-electron chi connectivity index (χ1n) is 4.73. The van der Waals surface area contributed by atoms with Crippen molar-refractivity contribution in [1.82, 2.24) is 0 Å². The number of ether oxygens (including phenoxy) is 1. The average Bonchev–Trinajstić information content (AvgIpc) is 2.81. The standard InChI is InChI=1S/C12H10BrClOS/c1-15-10-5-4-8(7-9(10)13)12(14)11-3-2-6-16-11/h2-7,12H,1H3. The van der Waals surface area contributed by atoms with E-state index in [0.29, 0.717) is 0 Å². The second-order valence-corrected chi connectivity index (χ2v) is 5.54. The Labute approximate surface area is 112 Å². The van der Waals surface area contributed by atoms with E-state index in [-0.39, 0.29) is 5.38 Å². The van der Waals surface area contributed by atoms with Crippen LogP contribution in [0.4, 0.5) is 0 Å². The van der Waals surface area contributed by atoms with Crippen LogP contribution in [0.2, 0.25) is 0 Å². The first kappa shape index (κ1) is 12.0. The average molecular weight is 318 g/mol. The molecule has 0 radical (unpaired) electrons. The molecule has 0 aliphatic carbocycles. The fourth-order valence-electron chi connectivity index (χ4n) is 1.44. The van der Waals surface area contributed by atoms with E-state index in [0.717, 1.165) is 20.7 Å². The van der Waals surface area contributed by atoms with Gasteiger partial charge < -0.3 is 4.74 Å². The molecule has 0 aliphatic rings. The molecule has 1 aromatic carbocycles. The summed E-state index contributed by atoms with van der Waals surface area (Å²) in [6.45, 7) is 0. The molecule has 2 aromatic rings. The third-order valence-corrected chi connectivity index (χ3v) is 4.43. The first-order chi connectivity index (χ1) is 7.72. The summed E-state index contributed by atoms with van der Waals surface area (Å²) in [7, 11) is 1.65. The lowest BCUT2D eigenvalue weighted by molar-refractivity contribution is 0.412. The van der Waals surface area contributed by atoms with Gasteiger partial charge in [-0.3, -0.25) is 0 Å². The van der Waals surface area contributed by atoms with Gasteiger partial charge in [-0.1, -0.05) is 12.1 Å². The molecule has 84 valence electrons. The van der Waals surface area contributed by atoms with Gasteiger partial charge >= 0.3 is 0 Å². The maximum Gasteiger partial charge on any atom is 0.133 e. The molecule has 1 atom stereocenters. The molecule has 0 saturated carbocycles. The molecular formula is C12H10BrClOS. The maximum atomic E-state index is 6.39. The highest BCUT2D eigenvalue weighted by Crippen LogP contribution is 2.35. The number of alkyl halides is 1. The summed E-state index contributed by atoms with van der Waals surface area (Å²) >= 11 is 11.5. The van der Waals surface area contributed by atoms with Gasteiger partial charge in [-0.15, -0.1) is 22.9 Å². The molecular weight excluding hydrogens is 308 g/mol. The lowest BCUT2D eigenvalue weighted by Gasteiger charge is -2.10. The normalized spacial score (nSPS) is 12.4. The molecule has 0 spiro atoms. The second kappa shape index (κ2) is 5.21. The van der Waals surface area contributed by atoms with Gasteiger partial charge in [-0.05, 0) is 45.1 Å². The Morgan fingerprint density at radius 3 is 2.75 bits per heavy atom. The van der Waals surface area contributed by atoms with Crippen LogP contribution >= 0.6 is 38.9 Å². The van der Waals surface area contributed by atoms with E-state index in [4.69, 9.17) is 16.3 Å². The smallest absolute Gasteiger partial charge is 0.133 e. The van der Waals surface area contributed by atoms with Crippen LogP contribution in [0.25, 0.3) is 0 Å². The van der Waals surface area contributed by atoms with Gasteiger partial charge in [0.2, 0.25) is 0 Å². The molecule has 0 saturated heterocycles. The molecule has 4 heteroatoms. The van der Waals surface area contributed by atoms with Crippen molar-refractivity contribution in [3.05, 3.63) is 50.6 Å². The molecule has 0 aliphatic heterocycles. The fourth-order valence-corrected chi connectivity index (χ4v) is 3.09. The predicted octanol–water partition coefficient (Wildman–Crippen LogP) is 4.85. The van der Waals surface area contributed by atoms with Crippen molar-refractivity contribution in [1.29, 1.82) is 0 Å². The van der Waals surface area contributed by atoms with Crippen LogP contribution < -0.4 is 4.74 Å². The largest absolute Gasteiger partial charge is 0.496 e. The fraction of sp³-hybridized carbons (Fsp3) is 0.167. The summed E-state index contributed by atoms with van der Waals surface area (Å²) in [6.07, 6.45) is 0. The Morgan fingerprint density at radius 1 is 1.38 bits per heavy atom. The quantitative estimate of drug-likeness (QED) is 0.736. The number of thiophene rings is 1. The van der Waals surface area contributed by atoms with Crippen LogP contribution in [0.1, 0.15) is 15.8 Å². The van der Waals surface area contributed by atoms with Crippen molar-refractivity contribution < 1.29 is 4.74 Å². The molecule has 0 amide bonds. The molecule has 2 rings (SSSR count). The van der Waals surface area contributed by atoms with E-state index in [9.17, 15) is 0 Å². The first-order valence-corrected chi connectivity index (χ1v) is 6.84. The van der Waals surface area contributed by atoms with Crippen molar-refractivity contribution >= 4 is 38.9 Å². The Kier molecular flexibility index (Phi) is 3.90. The number of methoxy groups -OCH3 is 1. The van der Waals surface area contributed by atoms with Crippen LogP contribution in [0.3, 0.4) is 0 Å². The predicted molar refractivity (Wildman–Crippen MR) is 72.7 cm³/mol. The maximum absolute atomic E-state index is 6.39. The Morgan fingerprint density at radius 2 is 2.19 bits per heavy atom. The lowest BCUT2D eigenvalue weighted by Crippen LogP contribution is -1.92. The number of hydrogen-bond donors (Lipinski definition) is 0. The second-order valence-electron chi connectivity index (χ2n) is 3.27. The van der Waals surface area contributed by atoms with Gasteiger partial charge in [-0.25, -0.2) is 0 Å². The summed E-state index contributed by atoms with van der Waals surface area (Å²) in [5.41, 5.74) is 1.07. The van der Waals surface area contributed by atoms with Crippen LogP contribution in [-0.2, 0) is 0 Å². The zero-order chi connectivity index (χ0) is 11.5. The van der Waals surface area contributed by atoms with Gasteiger partial charge in [0.25, 0.3) is 0 Å². The minimum Gasteiger partial charge on any atom is -0.496 e. The van der Waals surface area contributed by atoms with Crippen LogP contribution in [0.15, 0.2) is 40.2 Å². The molecule has 1 unspecified atom stereocenters. The van der Waals surface area contributed by atoms with Crippen molar-refractivity contribution in [3.8, 4) is 5.75 Å². The van der Waals surface area contributed by atoms with E-state index < -0.39 is 0 Å².